The summed E-state index contributed by atoms with van der Waals surface area (Å²) < 4.78 is 0. The third-order valence-electron chi connectivity index (χ3n) is 1.16. The number of nitrogens with one attached hydrogen (secondary N) is 2. The van der Waals surface area contributed by atoms with Crippen LogP contribution < -0.4 is 16.4 Å². The second kappa shape index (κ2) is 5.99. The number of hydrogen-bond acceptors (Lipinski definition) is 3. The van der Waals surface area contributed by atoms with Crippen LogP contribution in [0, 0.1) is 0 Å². The van der Waals surface area contributed by atoms with E-state index >= 15 is 0 Å². The third kappa shape index (κ3) is 8.32. The summed E-state index contributed by atoms with van der Waals surface area (Å²) in [7, 11) is 0. The van der Waals surface area contributed by atoms with Crippen LogP contribution in [0.2, 0.25) is 0 Å². The molecule has 0 aliphatic carbocycles. The molecule has 3 amide bonds. The Morgan fingerprint density at radius 3 is 2.15 bits per heavy atom. The molecule has 0 spiro atoms. The number of primary amides is 1. The lowest BCUT2D eigenvalue weighted by atomic mass is 10.3. The van der Waals surface area contributed by atoms with Gasteiger partial charge in [-0.15, -0.1) is 0 Å². The minimum atomic E-state index is -0.638. The van der Waals surface area contributed by atoms with Crippen molar-refractivity contribution in [1.82, 2.24) is 10.6 Å². The number of nitrogens with two attached hydrogens (primary N) is 1. The molecule has 0 aliphatic heterocycles. The maximum absolute atomic E-state index is 10.8. The summed E-state index contributed by atoms with van der Waals surface area (Å²) in [6.45, 7) is 1.87. The van der Waals surface area contributed by atoms with Gasteiger partial charge < -0.3 is 16.4 Å². The molecule has 0 aromatic heterocycles. The van der Waals surface area contributed by atoms with Crippen LogP contribution in [0.4, 0.5) is 4.79 Å². The highest BCUT2D eigenvalue weighted by Gasteiger charge is 2.03. The predicted molar refractivity (Wildman–Crippen MR) is 45.9 cm³/mol. The van der Waals surface area contributed by atoms with Crippen molar-refractivity contribution in [2.24, 2.45) is 5.73 Å². The molecule has 13 heavy (non-hydrogen) atoms. The van der Waals surface area contributed by atoms with E-state index in [1.165, 1.54) is 6.92 Å². The van der Waals surface area contributed by atoms with E-state index in [-0.39, 0.29) is 31.2 Å². The first-order valence-electron chi connectivity index (χ1n) is 3.82. The minimum absolute atomic E-state index is 0.128. The van der Waals surface area contributed by atoms with Gasteiger partial charge in [-0.05, 0) is 6.92 Å². The van der Waals surface area contributed by atoms with Gasteiger partial charge in [-0.2, -0.15) is 0 Å². The number of urea groups is 1. The van der Waals surface area contributed by atoms with E-state index in [1.807, 2.05) is 0 Å². The maximum Gasteiger partial charge on any atom is 0.312 e. The van der Waals surface area contributed by atoms with Crippen molar-refractivity contribution < 1.29 is 14.4 Å². The molecule has 0 unspecified atom stereocenters. The third-order valence-corrected chi connectivity index (χ3v) is 1.16. The average Bonchev–Trinajstić information content (AvgIpc) is 1.96. The molecular weight excluding hydrogens is 174 g/mol. The van der Waals surface area contributed by atoms with E-state index < -0.39 is 6.03 Å². The van der Waals surface area contributed by atoms with Crippen LogP contribution >= 0.6 is 0 Å². The first-order chi connectivity index (χ1) is 6.02. The fourth-order valence-corrected chi connectivity index (χ4v) is 0.676. The molecule has 4 N–H and O–H groups in total. The fraction of sp³-hybridized carbons (Fsp3) is 0.571. The number of Topliss-reactive ketones (excluding diaryl/α,β-unsaturated/α-hetero) is 1. The molecule has 0 saturated carbocycles. The van der Waals surface area contributed by atoms with E-state index in [2.05, 4.69) is 10.6 Å². The van der Waals surface area contributed by atoms with Crippen molar-refractivity contribution in [2.75, 3.05) is 13.1 Å². The smallest absolute Gasteiger partial charge is 0.312 e. The molecule has 0 fully saturated rings. The number of amides is 3. The second-order valence-corrected chi connectivity index (χ2v) is 2.52. The van der Waals surface area contributed by atoms with E-state index in [9.17, 15) is 14.4 Å². The summed E-state index contributed by atoms with van der Waals surface area (Å²) in [5.41, 5.74) is 4.77. The summed E-state index contributed by atoms with van der Waals surface area (Å²) in [4.78, 5) is 31.4. The number of ketones is 1. The molecule has 0 aromatic rings. The summed E-state index contributed by atoms with van der Waals surface area (Å²) in [6.07, 6.45) is -0.128. The fourth-order valence-electron chi connectivity index (χ4n) is 0.676. The second-order valence-electron chi connectivity index (χ2n) is 2.52. The summed E-state index contributed by atoms with van der Waals surface area (Å²) in [5, 5.41) is 4.73. The summed E-state index contributed by atoms with van der Waals surface area (Å²) in [5.74, 6) is -0.542. The monoisotopic (exact) mass is 187 g/mol. The Bertz CT molecular complexity index is 215. The minimum Gasteiger partial charge on any atom is -0.354 e. The zero-order valence-corrected chi connectivity index (χ0v) is 7.42. The molecule has 0 radical (unpaired) electrons. The zero-order valence-electron chi connectivity index (χ0n) is 7.42. The van der Waals surface area contributed by atoms with Gasteiger partial charge >= 0.3 is 6.03 Å². The van der Waals surface area contributed by atoms with E-state index in [0.717, 1.165) is 0 Å². The van der Waals surface area contributed by atoms with Crippen LogP contribution in [0.5, 0.6) is 0 Å². The summed E-state index contributed by atoms with van der Waals surface area (Å²) >= 11 is 0. The van der Waals surface area contributed by atoms with Crippen LogP contribution in [0.25, 0.3) is 0 Å². The molecule has 0 rings (SSSR count). The quantitative estimate of drug-likeness (QED) is 0.370. The lowest BCUT2D eigenvalue weighted by molar-refractivity contribution is -0.127. The Morgan fingerprint density at radius 2 is 1.69 bits per heavy atom. The molecular formula is C7H13N3O3. The van der Waals surface area contributed by atoms with Gasteiger partial charge in [-0.25, -0.2) is 4.79 Å². The van der Waals surface area contributed by atoms with Crippen LogP contribution in [-0.4, -0.2) is 30.8 Å². The Kier molecular flexibility index (Phi) is 5.25. The van der Waals surface area contributed by atoms with Gasteiger partial charge in [0.15, 0.2) is 0 Å². The van der Waals surface area contributed by atoms with Crippen molar-refractivity contribution in [2.45, 2.75) is 13.3 Å². The van der Waals surface area contributed by atoms with Gasteiger partial charge in [0.1, 0.15) is 5.78 Å². The molecule has 6 heteroatoms. The van der Waals surface area contributed by atoms with Gasteiger partial charge in [0.25, 0.3) is 0 Å². The summed E-state index contributed by atoms with van der Waals surface area (Å²) in [6, 6.07) is -0.638. The standard InChI is InChI=1S/C7H13N3O3/c1-5(11)4-6(12)9-2-3-10-7(8)13/h2-4H2,1H3,(H,9,12)(H3,8,10,13). The largest absolute Gasteiger partial charge is 0.354 e. The Hall–Kier alpha value is -1.59. The van der Waals surface area contributed by atoms with E-state index in [4.69, 9.17) is 5.73 Å². The molecule has 74 valence electrons. The molecule has 6 nitrogen and oxygen atoms in total. The highest BCUT2D eigenvalue weighted by molar-refractivity contribution is 5.96. The molecule has 0 heterocycles. The maximum atomic E-state index is 10.8. The molecule has 0 saturated heterocycles. The lowest BCUT2D eigenvalue weighted by Crippen LogP contribution is -2.37. The van der Waals surface area contributed by atoms with Crippen molar-refractivity contribution in [3.05, 3.63) is 0 Å². The van der Waals surface area contributed by atoms with Gasteiger partial charge in [-0.1, -0.05) is 0 Å². The first kappa shape index (κ1) is 11.4. The normalized spacial score (nSPS) is 9.00. The van der Waals surface area contributed by atoms with Gasteiger partial charge in [0.05, 0.1) is 6.42 Å². The zero-order chi connectivity index (χ0) is 10.3. The molecule has 0 atom stereocenters. The van der Waals surface area contributed by atoms with Gasteiger partial charge in [-0.3, -0.25) is 9.59 Å². The van der Waals surface area contributed by atoms with E-state index in [0.29, 0.717) is 0 Å². The molecule has 0 aromatic carbocycles. The lowest BCUT2D eigenvalue weighted by Gasteiger charge is -2.03. The van der Waals surface area contributed by atoms with Crippen molar-refractivity contribution in [3.8, 4) is 0 Å². The Morgan fingerprint density at radius 1 is 1.15 bits per heavy atom. The Balaban J connectivity index is 3.37. The number of hydrogen-bond donors (Lipinski definition) is 3. The van der Waals surface area contributed by atoms with Crippen molar-refractivity contribution >= 4 is 17.7 Å². The number of carbonyl (C=O) groups excluding carboxylic acids is 3. The number of rotatable bonds is 5. The Labute approximate surface area is 75.9 Å². The van der Waals surface area contributed by atoms with Crippen molar-refractivity contribution in [1.29, 1.82) is 0 Å². The highest BCUT2D eigenvalue weighted by atomic mass is 16.2. The average molecular weight is 187 g/mol. The topological polar surface area (TPSA) is 101 Å². The van der Waals surface area contributed by atoms with Crippen LogP contribution in [-0.2, 0) is 9.59 Å². The SMILES string of the molecule is CC(=O)CC(=O)NCCNC(N)=O. The highest BCUT2D eigenvalue weighted by Crippen LogP contribution is 1.79. The molecule has 0 aliphatic rings. The number of carbonyl (C=O) groups is 3. The van der Waals surface area contributed by atoms with Crippen LogP contribution in [0.3, 0.4) is 0 Å². The van der Waals surface area contributed by atoms with Crippen LogP contribution in [0.1, 0.15) is 13.3 Å². The molecule has 0 bridgehead atoms. The first-order valence-corrected chi connectivity index (χ1v) is 3.82. The predicted octanol–water partition coefficient (Wildman–Crippen LogP) is -1.25. The van der Waals surface area contributed by atoms with Gasteiger partial charge in [0.2, 0.25) is 5.91 Å². The van der Waals surface area contributed by atoms with Gasteiger partial charge in [0, 0.05) is 13.1 Å². The van der Waals surface area contributed by atoms with Crippen LogP contribution in [0.15, 0.2) is 0 Å². The van der Waals surface area contributed by atoms with E-state index in [1.54, 1.807) is 0 Å². The van der Waals surface area contributed by atoms with Crippen molar-refractivity contribution in [3.63, 3.8) is 0 Å².